The van der Waals surface area contributed by atoms with E-state index in [2.05, 4.69) is 31.3 Å². The highest BCUT2D eigenvalue weighted by Crippen LogP contribution is 2.37. The zero-order valence-corrected chi connectivity index (χ0v) is 12.9. The van der Waals surface area contributed by atoms with Crippen LogP contribution in [0.4, 0.5) is 0 Å². The molecular formula is C15H20N2OS. The lowest BCUT2D eigenvalue weighted by Gasteiger charge is -2.13. The monoisotopic (exact) mass is 276 g/mol. The number of benzene rings is 1. The molecule has 2 aromatic rings. The number of nitrogens with one attached hydrogen (secondary N) is 1. The average Bonchev–Trinajstić information content (AvgIpc) is 2.79. The van der Waals surface area contributed by atoms with E-state index in [9.17, 15) is 0 Å². The molecule has 3 nitrogen and oxygen atoms in total. The lowest BCUT2D eigenvalue weighted by atomic mass is 10.0. The summed E-state index contributed by atoms with van der Waals surface area (Å²) in [6.45, 7) is 6.28. The molecular weight excluding hydrogens is 256 g/mol. The molecule has 102 valence electrons. The minimum Gasteiger partial charge on any atom is -0.496 e. The summed E-state index contributed by atoms with van der Waals surface area (Å²) in [6.07, 6.45) is 0. The van der Waals surface area contributed by atoms with E-state index >= 15 is 0 Å². The van der Waals surface area contributed by atoms with E-state index in [1.807, 2.05) is 20.0 Å². The Balaban J connectivity index is 2.61. The number of nitrogens with zero attached hydrogens (tertiary/aromatic N) is 1. The summed E-state index contributed by atoms with van der Waals surface area (Å²) in [5.74, 6) is 0.875. The Hall–Kier alpha value is -1.39. The number of methoxy groups -OCH3 is 1. The molecule has 19 heavy (non-hydrogen) atoms. The minimum atomic E-state index is 0.284. The molecule has 0 fully saturated rings. The van der Waals surface area contributed by atoms with E-state index in [1.54, 1.807) is 18.4 Å². The zero-order chi connectivity index (χ0) is 14.0. The molecule has 0 amide bonds. The first-order valence-corrected chi connectivity index (χ1v) is 7.18. The lowest BCUT2D eigenvalue weighted by Crippen LogP contribution is -2.11. The Morgan fingerprint density at radius 2 is 2.05 bits per heavy atom. The highest BCUT2D eigenvalue weighted by atomic mass is 32.1. The van der Waals surface area contributed by atoms with Crippen molar-refractivity contribution in [2.75, 3.05) is 14.2 Å². The van der Waals surface area contributed by atoms with Crippen LogP contribution in [0, 0.1) is 13.8 Å². The summed E-state index contributed by atoms with van der Waals surface area (Å²) >= 11 is 1.74. The topological polar surface area (TPSA) is 34.2 Å². The molecule has 0 aliphatic rings. The van der Waals surface area contributed by atoms with Crippen molar-refractivity contribution in [3.05, 3.63) is 33.6 Å². The van der Waals surface area contributed by atoms with Crippen molar-refractivity contribution in [1.82, 2.24) is 10.3 Å². The molecule has 0 saturated carbocycles. The van der Waals surface area contributed by atoms with Crippen LogP contribution in [0.1, 0.15) is 28.4 Å². The predicted octanol–water partition coefficient (Wildman–Crippen LogP) is 3.72. The maximum atomic E-state index is 5.48. The molecule has 2 rings (SSSR count). The molecule has 1 unspecified atom stereocenters. The Labute approximate surface area is 118 Å². The summed E-state index contributed by atoms with van der Waals surface area (Å²) < 4.78 is 5.48. The Bertz CT molecular complexity index is 578. The Kier molecular flexibility index (Phi) is 4.22. The van der Waals surface area contributed by atoms with E-state index < -0.39 is 0 Å². The van der Waals surface area contributed by atoms with Crippen LogP contribution in [0.2, 0.25) is 0 Å². The zero-order valence-electron chi connectivity index (χ0n) is 12.1. The third kappa shape index (κ3) is 2.80. The summed E-state index contributed by atoms with van der Waals surface area (Å²) in [5.41, 5.74) is 3.32. The Morgan fingerprint density at radius 1 is 1.32 bits per heavy atom. The molecule has 0 saturated heterocycles. The van der Waals surface area contributed by atoms with E-state index in [-0.39, 0.29) is 6.04 Å². The van der Waals surface area contributed by atoms with Crippen LogP contribution in [0.5, 0.6) is 5.75 Å². The van der Waals surface area contributed by atoms with Gasteiger partial charge in [-0.25, -0.2) is 4.98 Å². The SMILES string of the molecule is CNC(C)c1sc(C)nc1-c1cc(C)ccc1OC. The van der Waals surface area contributed by atoms with Crippen LogP contribution in [0.3, 0.4) is 0 Å². The van der Waals surface area contributed by atoms with Gasteiger partial charge in [0.1, 0.15) is 5.75 Å². The quantitative estimate of drug-likeness (QED) is 0.924. The fourth-order valence-corrected chi connectivity index (χ4v) is 3.07. The summed E-state index contributed by atoms with van der Waals surface area (Å²) in [7, 11) is 3.67. The number of hydrogen-bond donors (Lipinski definition) is 1. The van der Waals surface area contributed by atoms with Gasteiger partial charge in [-0.2, -0.15) is 0 Å². The van der Waals surface area contributed by atoms with Gasteiger partial charge in [0.05, 0.1) is 17.8 Å². The number of ether oxygens (including phenoxy) is 1. The second-order valence-corrected chi connectivity index (χ2v) is 5.89. The van der Waals surface area contributed by atoms with E-state index in [0.29, 0.717) is 0 Å². The van der Waals surface area contributed by atoms with Gasteiger partial charge in [0.15, 0.2) is 0 Å². The van der Waals surface area contributed by atoms with E-state index in [0.717, 1.165) is 22.0 Å². The third-order valence-electron chi connectivity index (χ3n) is 3.20. The first-order chi connectivity index (χ1) is 9.06. The smallest absolute Gasteiger partial charge is 0.128 e. The van der Waals surface area contributed by atoms with E-state index in [4.69, 9.17) is 9.72 Å². The number of aromatic nitrogens is 1. The van der Waals surface area contributed by atoms with Gasteiger partial charge in [-0.3, -0.25) is 0 Å². The minimum absolute atomic E-state index is 0.284. The summed E-state index contributed by atoms with van der Waals surface area (Å²) in [6, 6.07) is 6.49. The first-order valence-electron chi connectivity index (χ1n) is 6.36. The van der Waals surface area contributed by atoms with Crippen molar-refractivity contribution in [2.45, 2.75) is 26.8 Å². The van der Waals surface area contributed by atoms with Gasteiger partial charge in [-0.15, -0.1) is 11.3 Å². The van der Waals surface area contributed by atoms with Crippen molar-refractivity contribution in [3.63, 3.8) is 0 Å². The maximum Gasteiger partial charge on any atom is 0.128 e. The molecule has 1 aromatic carbocycles. The first kappa shape index (κ1) is 14.0. The summed E-state index contributed by atoms with van der Waals surface area (Å²) in [4.78, 5) is 5.95. The standard InChI is InChI=1S/C15H20N2OS/c1-9-6-7-13(18-5)12(8-9)14-15(10(2)16-4)19-11(3)17-14/h6-8,10,16H,1-5H3. The van der Waals surface area contributed by atoms with Crippen molar-refractivity contribution < 1.29 is 4.74 Å². The number of rotatable bonds is 4. The van der Waals surface area contributed by atoms with Gasteiger partial charge in [0.25, 0.3) is 0 Å². The van der Waals surface area contributed by atoms with Gasteiger partial charge < -0.3 is 10.1 Å². The highest BCUT2D eigenvalue weighted by Gasteiger charge is 2.18. The Morgan fingerprint density at radius 3 is 2.68 bits per heavy atom. The fraction of sp³-hybridized carbons (Fsp3) is 0.400. The molecule has 0 spiro atoms. The molecule has 0 aliphatic carbocycles. The van der Waals surface area contributed by atoms with Gasteiger partial charge in [0, 0.05) is 16.5 Å². The van der Waals surface area contributed by atoms with Crippen LogP contribution in [0.15, 0.2) is 18.2 Å². The number of aryl methyl sites for hydroxylation is 2. The largest absolute Gasteiger partial charge is 0.496 e. The van der Waals surface area contributed by atoms with Gasteiger partial charge in [-0.05, 0) is 40.0 Å². The van der Waals surface area contributed by atoms with Crippen LogP contribution in [-0.4, -0.2) is 19.1 Å². The molecule has 0 radical (unpaired) electrons. The molecule has 1 aromatic heterocycles. The number of thiazole rings is 1. The summed E-state index contributed by atoms with van der Waals surface area (Å²) in [5, 5.41) is 4.37. The average molecular weight is 276 g/mol. The lowest BCUT2D eigenvalue weighted by molar-refractivity contribution is 0.416. The molecule has 1 N–H and O–H groups in total. The van der Waals surface area contributed by atoms with Crippen LogP contribution >= 0.6 is 11.3 Å². The van der Waals surface area contributed by atoms with Crippen molar-refractivity contribution in [2.24, 2.45) is 0 Å². The number of hydrogen-bond acceptors (Lipinski definition) is 4. The molecule has 1 heterocycles. The van der Waals surface area contributed by atoms with Gasteiger partial charge >= 0.3 is 0 Å². The van der Waals surface area contributed by atoms with E-state index in [1.165, 1.54) is 10.4 Å². The van der Waals surface area contributed by atoms with Crippen molar-refractivity contribution in [1.29, 1.82) is 0 Å². The molecule has 0 bridgehead atoms. The highest BCUT2D eigenvalue weighted by molar-refractivity contribution is 7.12. The maximum absolute atomic E-state index is 5.48. The third-order valence-corrected chi connectivity index (χ3v) is 4.35. The predicted molar refractivity (Wildman–Crippen MR) is 81.1 cm³/mol. The normalized spacial score (nSPS) is 12.5. The molecule has 0 aliphatic heterocycles. The van der Waals surface area contributed by atoms with Gasteiger partial charge in [0.2, 0.25) is 0 Å². The van der Waals surface area contributed by atoms with Crippen LogP contribution < -0.4 is 10.1 Å². The van der Waals surface area contributed by atoms with Gasteiger partial charge in [-0.1, -0.05) is 11.6 Å². The second kappa shape index (κ2) is 5.72. The fourth-order valence-electron chi connectivity index (χ4n) is 2.07. The van der Waals surface area contributed by atoms with Crippen LogP contribution in [0.25, 0.3) is 11.3 Å². The molecule has 4 heteroatoms. The van der Waals surface area contributed by atoms with Crippen molar-refractivity contribution >= 4 is 11.3 Å². The van der Waals surface area contributed by atoms with Crippen molar-refractivity contribution in [3.8, 4) is 17.0 Å². The molecule has 1 atom stereocenters. The second-order valence-electron chi connectivity index (χ2n) is 4.66. The van der Waals surface area contributed by atoms with Crippen LogP contribution in [-0.2, 0) is 0 Å².